The zero-order valence-corrected chi connectivity index (χ0v) is 18.3. The van der Waals surface area contributed by atoms with Gasteiger partial charge in [-0.05, 0) is 41.5 Å². The Hall–Kier alpha value is -3.78. The normalized spacial score (nSPS) is 11.0. The molecular weight excluding hydrogens is 429 g/mol. The Bertz CT molecular complexity index is 1210. The lowest BCUT2D eigenvalue weighted by atomic mass is 9.77. The van der Waals surface area contributed by atoms with Crippen LogP contribution in [0.3, 0.4) is 0 Å². The second kappa shape index (κ2) is 9.15. The predicted octanol–water partition coefficient (Wildman–Crippen LogP) is 4.45. The third kappa shape index (κ3) is 4.76. The number of hydrogen-bond acceptors (Lipinski definition) is 4. The summed E-state index contributed by atoms with van der Waals surface area (Å²) in [5.41, 5.74) is 6.64. The minimum atomic E-state index is -0.821. The molecule has 5 N–H and O–H groups in total. The molecule has 0 saturated carbocycles. The molecule has 3 aromatic rings. The highest BCUT2D eigenvalue weighted by atomic mass is 32.1. The molecule has 0 spiro atoms. The maximum Gasteiger partial charge on any atom is 0.317 e. The maximum absolute atomic E-state index is 14.0. The number of urea groups is 1. The molecule has 32 heavy (non-hydrogen) atoms. The number of phenols is 1. The van der Waals surface area contributed by atoms with Crippen LogP contribution in [0.15, 0.2) is 66.7 Å². The highest BCUT2D eigenvalue weighted by Gasteiger charge is 2.28. The molecule has 3 amide bonds. The van der Waals surface area contributed by atoms with E-state index in [1.165, 1.54) is 18.2 Å². The number of carbonyl (C=O) groups is 2. The van der Waals surface area contributed by atoms with E-state index in [1.807, 2.05) is 26.0 Å². The van der Waals surface area contributed by atoms with Crippen LogP contribution in [0.5, 0.6) is 5.75 Å². The van der Waals surface area contributed by atoms with Gasteiger partial charge >= 0.3 is 6.03 Å². The highest BCUT2D eigenvalue weighted by Crippen LogP contribution is 2.38. The summed E-state index contributed by atoms with van der Waals surface area (Å²) in [7, 11) is 0. The zero-order valence-electron chi connectivity index (χ0n) is 17.5. The van der Waals surface area contributed by atoms with Gasteiger partial charge in [-0.1, -0.05) is 62.5 Å². The van der Waals surface area contributed by atoms with Crippen molar-refractivity contribution in [2.45, 2.75) is 19.3 Å². The molecule has 0 aromatic heterocycles. The quantitative estimate of drug-likeness (QED) is 0.430. The average molecular weight is 452 g/mol. The first-order chi connectivity index (χ1) is 15.1. The number of aromatic hydroxyl groups is 1. The molecule has 0 radical (unpaired) electrons. The number of primary amides is 1. The number of benzene rings is 3. The molecule has 3 aromatic carbocycles. The number of anilines is 1. The summed E-state index contributed by atoms with van der Waals surface area (Å²) >= 11 is 5.09. The van der Waals surface area contributed by atoms with E-state index in [2.05, 4.69) is 10.6 Å². The first kappa shape index (κ1) is 22.9. The summed E-state index contributed by atoms with van der Waals surface area (Å²) in [6, 6.07) is 17.0. The number of carbonyl (C=O) groups excluding carboxylic acids is 2. The summed E-state index contributed by atoms with van der Waals surface area (Å²) < 4.78 is 14.0. The molecule has 8 heteroatoms. The van der Waals surface area contributed by atoms with E-state index in [0.717, 1.165) is 11.1 Å². The predicted molar refractivity (Wildman–Crippen MR) is 125 cm³/mol. The van der Waals surface area contributed by atoms with Crippen LogP contribution in [0, 0.1) is 5.82 Å². The van der Waals surface area contributed by atoms with Crippen LogP contribution in [0.1, 0.15) is 40.9 Å². The first-order valence-corrected chi connectivity index (χ1v) is 10.1. The van der Waals surface area contributed by atoms with Crippen molar-refractivity contribution >= 4 is 34.8 Å². The number of nitrogens with one attached hydrogen (secondary N) is 2. The minimum absolute atomic E-state index is 0.0110. The summed E-state index contributed by atoms with van der Waals surface area (Å²) in [6.07, 6.45) is 0. The van der Waals surface area contributed by atoms with Crippen molar-refractivity contribution in [3.05, 3.63) is 94.8 Å². The molecule has 0 aliphatic carbocycles. The molecule has 0 atom stereocenters. The second-order valence-electron chi connectivity index (χ2n) is 7.65. The van der Waals surface area contributed by atoms with Crippen molar-refractivity contribution in [2.24, 2.45) is 5.73 Å². The lowest BCUT2D eigenvalue weighted by Gasteiger charge is -2.29. The van der Waals surface area contributed by atoms with E-state index in [4.69, 9.17) is 18.0 Å². The van der Waals surface area contributed by atoms with E-state index >= 15 is 0 Å². The summed E-state index contributed by atoms with van der Waals surface area (Å²) in [5, 5.41) is 15.5. The standard InChI is InChI=1S/C24H22FN3O3S/c1-24(2,14-11-12-16(20(29)13-14)22(32)28-23(26)31)17-8-4-6-10-19(17)27-21(30)15-7-3-5-9-18(15)25/h3-13,29H,1-2H3,(H,27,30)(H3,26,28,31,32). The van der Waals surface area contributed by atoms with Gasteiger partial charge in [0, 0.05) is 11.1 Å². The Balaban J connectivity index is 1.95. The molecule has 0 aliphatic heterocycles. The molecule has 0 fully saturated rings. The number of amides is 3. The summed E-state index contributed by atoms with van der Waals surface area (Å²) in [5.74, 6) is -1.29. The van der Waals surface area contributed by atoms with Gasteiger partial charge in [-0.3, -0.25) is 10.1 Å². The van der Waals surface area contributed by atoms with Crippen LogP contribution in [-0.2, 0) is 5.41 Å². The van der Waals surface area contributed by atoms with Gasteiger partial charge in [-0.15, -0.1) is 0 Å². The Morgan fingerprint density at radius 3 is 2.31 bits per heavy atom. The number of thiocarbonyl (C=S) groups is 1. The van der Waals surface area contributed by atoms with Crippen LogP contribution in [0.4, 0.5) is 14.9 Å². The first-order valence-electron chi connectivity index (χ1n) is 9.71. The van der Waals surface area contributed by atoms with Crippen molar-refractivity contribution < 1.29 is 19.1 Å². The van der Waals surface area contributed by atoms with E-state index < -0.39 is 23.2 Å². The lowest BCUT2D eigenvalue weighted by molar-refractivity contribution is 0.102. The number of para-hydroxylation sites is 1. The van der Waals surface area contributed by atoms with Crippen molar-refractivity contribution in [3.63, 3.8) is 0 Å². The van der Waals surface area contributed by atoms with Gasteiger partial charge in [0.25, 0.3) is 5.91 Å². The molecule has 0 bridgehead atoms. The fraction of sp³-hybridized carbons (Fsp3) is 0.125. The highest BCUT2D eigenvalue weighted by molar-refractivity contribution is 7.80. The van der Waals surface area contributed by atoms with Gasteiger partial charge in [-0.25, -0.2) is 9.18 Å². The second-order valence-corrected chi connectivity index (χ2v) is 8.06. The van der Waals surface area contributed by atoms with E-state index in [0.29, 0.717) is 5.69 Å². The molecular formula is C24H22FN3O3S. The minimum Gasteiger partial charge on any atom is -0.507 e. The Morgan fingerprint density at radius 1 is 1.00 bits per heavy atom. The van der Waals surface area contributed by atoms with Crippen molar-refractivity contribution in [3.8, 4) is 5.75 Å². The van der Waals surface area contributed by atoms with E-state index in [1.54, 1.807) is 36.4 Å². The van der Waals surface area contributed by atoms with Gasteiger partial charge in [0.2, 0.25) is 0 Å². The van der Waals surface area contributed by atoms with Gasteiger partial charge in [0.15, 0.2) is 0 Å². The Kier molecular flexibility index (Phi) is 6.55. The van der Waals surface area contributed by atoms with Crippen molar-refractivity contribution in [1.29, 1.82) is 0 Å². The van der Waals surface area contributed by atoms with Crippen LogP contribution >= 0.6 is 12.2 Å². The molecule has 0 saturated heterocycles. The van der Waals surface area contributed by atoms with Gasteiger partial charge in [0.1, 0.15) is 16.6 Å². The molecule has 164 valence electrons. The Labute approximate surface area is 190 Å². The number of halogens is 1. The number of phenolic OH excluding ortho intramolecular Hbond substituents is 1. The van der Waals surface area contributed by atoms with Crippen molar-refractivity contribution in [2.75, 3.05) is 5.32 Å². The van der Waals surface area contributed by atoms with Crippen LogP contribution in [-0.4, -0.2) is 22.0 Å². The van der Waals surface area contributed by atoms with E-state index in [9.17, 15) is 19.1 Å². The van der Waals surface area contributed by atoms with E-state index in [-0.39, 0.29) is 21.9 Å². The molecule has 0 heterocycles. The monoisotopic (exact) mass is 451 g/mol. The average Bonchev–Trinajstić information content (AvgIpc) is 2.73. The number of nitrogens with two attached hydrogens (primary N) is 1. The number of hydrogen-bond donors (Lipinski definition) is 4. The molecule has 3 rings (SSSR count). The fourth-order valence-electron chi connectivity index (χ4n) is 3.42. The van der Waals surface area contributed by atoms with Crippen molar-refractivity contribution in [1.82, 2.24) is 5.32 Å². The Morgan fingerprint density at radius 2 is 1.66 bits per heavy atom. The van der Waals surface area contributed by atoms with Gasteiger partial charge in [-0.2, -0.15) is 0 Å². The fourth-order valence-corrected chi connectivity index (χ4v) is 3.69. The largest absolute Gasteiger partial charge is 0.507 e. The molecule has 0 aliphatic rings. The summed E-state index contributed by atoms with van der Waals surface area (Å²) in [4.78, 5) is 23.7. The van der Waals surface area contributed by atoms with Crippen LogP contribution in [0.2, 0.25) is 0 Å². The zero-order chi connectivity index (χ0) is 23.5. The lowest BCUT2D eigenvalue weighted by Crippen LogP contribution is -2.34. The molecule has 6 nitrogen and oxygen atoms in total. The topological polar surface area (TPSA) is 104 Å². The van der Waals surface area contributed by atoms with Crippen LogP contribution in [0.25, 0.3) is 0 Å². The maximum atomic E-state index is 14.0. The smallest absolute Gasteiger partial charge is 0.317 e. The SMILES string of the molecule is CC(C)(c1ccc(C(=S)NC(N)=O)c(O)c1)c1ccccc1NC(=O)c1ccccc1F. The third-order valence-corrected chi connectivity index (χ3v) is 5.49. The van der Waals surface area contributed by atoms with Crippen LogP contribution < -0.4 is 16.4 Å². The third-order valence-electron chi connectivity index (χ3n) is 5.17. The summed E-state index contributed by atoms with van der Waals surface area (Å²) in [6.45, 7) is 3.85. The van der Waals surface area contributed by atoms with Gasteiger partial charge in [0.05, 0.1) is 11.1 Å². The number of rotatable bonds is 5. The molecule has 0 unspecified atom stereocenters. The van der Waals surface area contributed by atoms with Gasteiger partial charge < -0.3 is 16.2 Å².